The lowest BCUT2D eigenvalue weighted by Crippen LogP contribution is -2.03. The second kappa shape index (κ2) is 5.02. The van der Waals surface area contributed by atoms with Crippen LogP contribution in [0.1, 0.15) is 20.8 Å². The molecule has 0 bridgehead atoms. The molecule has 1 aromatic carbocycles. The third-order valence-electron chi connectivity index (χ3n) is 2.56. The van der Waals surface area contributed by atoms with E-state index in [0.29, 0.717) is 17.7 Å². The molecule has 0 aliphatic heterocycles. The zero-order valence-corrected chi connectivity index (χ0v) is 11.8. The van der Waals surface area contributed by atoms with E-state index in [4.69, 9.17) is 5.73 Å². The number of rotatable bonds is 3. The number of Topliss-reactive ketones (excluding diaryl/α,β-unsaturated/α-hetero) is 1. The maximum atomic E-state index is 12.0. The second-order valence-electron chi connectivity index (χ2n) is 3.90. The normalized spacial score (nSPS) is 10.5. The fraction of sp³-hybridized carbons (Fsp3) is 0.154. The number of nitrogens with two attached hydrogens (primary N) is 1. The van der Waals surface area contributed by atoms with E-state index in [1.54, 1.807) is 17.4 Å². The molecule has 2 aromatic rings. The molecule has 0 radical (unpaired) electrons. The van der Waals surface area contributed by atoms with E-state index in [1.807, 2.05) is 30.5 Å². The van der Waals surface area contributed by atoms with Crippen LogP contribution in [-0.4, -0.2) is 5.78 Å². The molecular formula is C13H12BrNOS. The lowest BCUT2D eigenvalue weighted by atomic mass is 10.0. The zero-order chi connectivity index (χ0) is 12.4. The largest absolute Gasteiger partial charge is 0.398 e. The van der Waals surface area contributed by atoms with Gasteiger partial charge in [-0.25, -0.2) is 0 Å². The highest BCUT2D eigenvalue weighted by atomic mass is 79.9. The average Bonchev–Trinajstić information content (AvgIpc) is 2.68. The van der Waals surface area contributed by atoms with Crippen molar-refractivity contribution in [3.05, 3.63) is 50.1 Å². The SMILES string of the molecule is Cc1ccc(C(=O)Cc2cc(Br)cs2)cc1N. The zero-order valence-electron chi connectivity index (χ0n) is 9.37. The van der Waals surface area contributed by atoms with Crippen molar-refractivity contribution >= 4 is 38.7 Å². The number of carbonyl (C=O) groups excluding carboxylic acids is 1. The molecule has 0 atom stereocenters. The maximum absolute atomic E-state index is 12.0. The molecule has 88 valence electrons. The predicted octanol–water partition coefficient (Wildman–Crippen LogP) is 3.83. The number of halogens is 1. The Morgan fingerprint density at radius 1 is 1.41 bits per heavy atom. The number of aryl methyl sites for hydroxylation is 1. The van der Waals surface area contributed by atoms with Gasteiger partial charge in [0, 0.05) is 32.4 Å². The van der Waals surface area contributed by atoms with Crippen molar-refractivity contribution < 1.29 is 4.79 Å². The van der Waals surface area contributed by atoms with Crippen molar-refractivity contribution in [1.29, 1.82) is 0 Å². The first-order valence-corrected chi connectivity index (χ1v) is 6.86. The molecule has 4 heteroatoms. The molecule has 0 fully saturated rings. The number of hydrogen-bond acceptors (Lipinski definition) is 3. The van der Waals surface area contributed by atoms with Gasteiger partial charge >= 0.3 is 0 Å². The average molecular weight is 310 g/mol. The standard InChI is InChI=1S/C13H12BrNOS/c1-8-2-3-9(4-12(8)15)13(16)6-11-5-10(14)7-17-11/h2-5,7H,6,15H2,1H3. The van der Waals surface area contributed by atoms with Crippen LogP contribution in [0, 0.1) is 6.92 Å². The van der Waals surface area contributed by atoms with Crippen LogP contribution in [0.5, 0.6) is 0 Å². The fourth-order valence-electron chi connectivity index (χ4n) is 1.52. The second-order valence-corrected chi connectivity index (χ2v) is 5.81. The Bertz CT molecular complexity index is 562. The van der Waals surface area contributed by atoms with Gasteiger partial charge in [-0.05, 0) is 40.5 Å². The number of hydrogen-bond donors (Lipinski definition) is 1. The molecule has 2 N–H and O–H groups in total. The molecule has 2 nitrogen and oxygen atoms in total. The van der Waals surface area contributed by atoms with Crippen LogP contribution >= 0.6 is 27.3 Å². The van der Waals surface area contributed by atoms with Gasteiger partial charge in [0.05, 0.1) is 0 Å². The molecule has 0 saturated carbocycles. The Kier molecular flexibility index (Phi) is 3.64. The minimum Gasteiger partial charge on any atom is -0.398 e. The summed E-state index contributed by atoms with van der Waals surface area (Å²) in [6, 6.07) is 7.43. The number of ketones is 1. The summed E-state index contributed by atoms with van der Waals surface area (Å²) in [4.78, 5) is 13.1. The molecule has 1 aromatic heterocycles. The van der Waals surface area contributed by atoms with Gasteiger partial charge in [-0.3, -0.25) is 4.79 Å². The first-order valence-electron chi connectivity index (χ1n) is 5.18. The van der Waals surface area contributed by atoms with Crippen LogP contribution in [0.3, 0.4) is 0 Å². The Labute approximate surface area is 113 Å². The molecular weight excluding hydrogens is 298 g/mol. The van der Waals surface area contributed by atoms with Crippen LogP contribution in [0.4, 0.5) is 5.69 Å². The molecule has 2 rings (SSSR count). The highest BCUT2D eigenvalue weighted by molar-refractivity contribution is 9.10. The van der Waals surface area contributed by atoms with Crippen LogP contribution in [0.25, 0.3) is 0 Å². The van der Waals surface area contributed by atoms with Crippen LogP contribution in [0.2, 0.25) is 0 Å². The highest BCUT2D eigenvalue weighted by Crippen LogP contribution is 2.22. The van der Waals surface area contributed by atoms with Crippen molar-refractivity contribution in [2.24, 2.45) is 0 Å². The summed E-state index contributed by atoms with van der Waals surface area (Å²) >= 11 is 4.96. The van der Waals surface area contributed by atoms with E-state index in [-0.39, 0.29) is 5.78 Å². The van der Waals surface area contributed by atoms with Crippen molar-refractivity contribution in [2.75, 3.05) is 5.73 Å². The molecule has 0 saturated heterocycles. The van der Waals surface area contributed by atoms with Gasteiger partial charge in [-0.2, -0.15) is 0 Å². The van der Waals surface area contributed by atoms with Crippen LogP contribution < -0.4 is 5.73 Å². The minimum absolute atomic E-state index is 0.103. The van der Waals surface area contributed by atoms with E-state index in [9.17, 15) is 4.79 Å². The van der Waals surface area contributed by atoms with Gasteiger partial charge < -0.3 is 5.73 Å². The summed E-state index contributed by atoms with van der Waals surface area (Å²) in [5.74, 6) is 0.103. The third-order valence-corrected chi connectivity index (χ3v) is 4.26. The Morgan fingerprint density at radius 2 is 2.18 bits per heavy atom. The molecule has 0 unspecified atom stereocenters. The first kappa shape index (κ1) is 12.3. The number of carbonyl (C=O) groups is 1. The summed E-state index contributed by atoms with van der Waals surface area (Å²) < 4.78 is 1.02. The van der Waals surface area contributed by atoms with E-state index in [1.165, 1.54) is 0 Å². The molecule has 0 aliphatic carbocycles. The van der Waals surface area contributed by atoms with E-state index in [2.05, 4.69) is 15.9 Å². The number of nitrogen functional groups attached to an aromatic ring is 1. The first-order chi connectivity index (χ1) is 8.06. The topological polar surface area (TPSA) is 43.1 Å². The Hall–Kier alpha value is -1.13. The summed E-state index contributed by atoms with van der Waals surface area (Å²) in [6.45, 7) is 1.93. The lowest BCUT2D eigenvalue weighted by Gasteiger charge is -2.03. The fourth-order valence-corrected chi connectivity index (χ4v) is 2.97. The maximum Gasteiger partial charge on any atom is 0.168 e. The Morgan fingerprint density at radius 3 is 2.76 bits per heavy atom. The highest BCUT2D eigenvalue weighted by Gasteiger charge is 2.09. The minimum atomic E-state index is 0.103. The Balaban J connectivity index is 2.17. The molecule has 17 heavy (non-hydrogen) atoms. The van der Waals surface area contributed by atoms with Gasteiger partial charge in [0.1, 0.15) is 0 Å². The molecule has 0 amide bonds. The quantitative estimate of drug-likeness (QED) is 0.691. The molecule has 1 heterocycles. The number of benzene rings is 1. The third kappa shape index (κ3) is 2.96. The van der Waals surface area contributed by atoms with Crippen molar-refractivity contribution in [3.63, 3.8) is 0 Å². The predicted molar refractivity (Wildman–Crippen MR) is 75.6 cm³/mol. The van der Waals surface area contributed by atoms with Gasteiger partial charge in [-0.1, -0.05) is 12.1 Å². The summed E-state index contributed by atoms with van der Waals surface area (Å²) in [5, 5.41) is 1.98. The lowest BCUT2D eigenvalue weighted by molar-refractivity contribution is 0.0994. The van der Waals surface area contributed by atoms with Crippen LogP contribution in [0.15, 0.2) is 34.1 Å². The van der Waals surface area contributed by atoms with E-state index >= 15 is 0 Å². The molecule has 0 aliphatic rings. The van der Waals surface area contributed by atoms with Gasteiger partial charge in [0.2, 0.25) is 0 Å². The number of anilines is 1. The smallest absolute Gasteiger partial charge is 0.168 e. The summed E-state index contributed by atoms with van der Waals surface area (Å²) in [6.07, 6.45) is 0.429. The van der Waals surface area contributed by atoms with E-state index < -0.39 is 0 Å². The van der Waals surface area contributed by atoms with Crippen molar-refractivity contribution in [2.45, 2.75) is 13.3 Å². The van der Waals surface area contributed by atoms with Gasteiger partial charge in [-0.15, -0.1) is 11.3 Å². The van der Waals surface area contributed by atoms with Crippen LogP contribution in [-0.2, 0) is 6.42 Å². The summed E-state index contributed by atoms with van der Waals surface area (Å²) in [7, 11) is 0. The monoisotopic (exact) mass is 309 g/mol. The van der Waals surface area contributed by atoms with Crippen molar-refractivity contribution in [3.8, 4) is 0 Å². The van der Waals surface area contributed by atoms with Gasteiger partial charge in [0.15, 0.2) is 5.78 Å². The van der Waals surface area contributed by atoms with E-state index in [0.717, 1.165) is 14.9 Å². The van der Waals surface area contributed by atoms with Gasteiger partial charge in [0.25, 0.3) is 0 Å². The van der Waals surface area contributed by atoms with Crippen molar-refractivity contribution in [1.82, 2.24) is 0 Å². The molecule has 0 spiro atoms. The number of thiophene rings is 1. The summed E-state index contributed by atoms with van der Waals surface area (Å²) in [5.41, 5.74) is 8.15.